The maximum atomic E-state index is 12.5. The van der Waals surface area contributed by atoms with Gasteiger partial charge >= 0.3 is 0 Å². The first-order valence-electron chi connectivity index (χ1n) is 8.12. The van der Waals surface area contributed by atoms with Crippen LogP contribution in [0.4, 0.5) is 0 Å². The van der Waals surface area contributed by atoms with Crippen molar-refractivity contribution in [2.45, 2.75) is 6.04 Å². The predicted molar refractivity (Wildman–Crippen MR) is 99.9 cm³/mol. The summed E-state index contributed by atoms with van der Waals surface area (Å²) in [6.07, 6.45) is 0. The third-order valence-corrected chi connectivity index (χ3v) is 5.51. The fraction of sp³-hybridized carbons (Fsp3) is 0.389. The van der Waals surface area contributed by atoms with Crippen molar-refractivity contribution in [3.63, 3.8) is 0 Å². The average Bonchev–Trinajstić information content (AvgIpc) is 3.11. The number of carbonyl (C=O) groups is 1. The summed E-state index contributed by atoms with van der Waals surface area (Å²) < 4.78 is 0. The molecule has 1 fully saturated rings. The van der Waals surface area contributed by atoms with E-state index < -0.39 is 0 Å². The molecule has 1 N–H and O–H groups in total. The summed E-state index contributed by atoms with van der Waals surface area (Å²) in [6.45, 7) is 4.72. The number of carbonyl (C=O) groups excluding carboxylic acids is 1. The molecular formula is C18H22ClN3OS. The van der Waals surface area contributed by atoms with E-state index in [1.807, 2.05) is 12.1 Å². The topological polar surface area (TPSA) is 35.6 Å². The van der Waals surface area contributed by atoms with Crippen LogP contribution in [0.5, 0.6) is 0 Å². The van der Waals surface area contributed by atoms with Crippen LogP contribution in [0.15, 0.2) is 41.1 Å². The van der Waals surface area contributed by atoms with E-state index >= 15 is 0 Å². The van der Waals surface area contributed by atoms with Gasteiger partial charge in [0.25, 0.3) is 5.91 Å². The van der Waals surface area contributed by atoms with E-state index in [0.717, 1.165) is 26.2 Å². The van der Waals surface area contributed by atoms with Crippen LogP contribution in [0.2, 0.25) is 5.02 Å². The molecule has 24 heavy (non-hydrogen) atoms. The van der Waals surface area contributed by atoms with E-state index in [-0.39, 0.29) is 11.9 Å². The van der Waals surface area contributed by atoms with Gasteiger partial charge < -0.3 is 10.2 Å². The monoisotopic (exact) mass is 363 g/mol. The van der Waals surface area contributed by atoms with Crippen molar-refractivity contribution in [2.24, 2.45) is 0 Å². The van der Waals surface area contributed by atoms with Crippen LogP contribution < -0.4 is 5.32 Å². The fourth-order valence-electron chi connectivity index (χ4n) is 2.99. The molecule has 0 radical (unpaired) electrons. The van der Waals surface area contributed by atoms with Gasteiger partial charge in [0.05, 0.1) is 16.6 Å². The number of halogens is 1. The number of hydrogen-bond acceptors (Lipinski definition) is 4. The first-order chi connectivity index (χ1) is 11.6. The number of piperazine rings is 1. The lowest BCUT2D eigenvalue weighted by Crippen LogP contribution is -2.48. The van der Waals surface area contributed by atoms with Crippen LogP contribution in [0.1, 0.15) is 22.0 Å². The second-order valence-electron chi connectivity index (χ2n) is 6.10. The molecule has 3 rings (SSSR count). The lowest BCUT2D eigenvalue weighted by molar-refractivity contribution is 0.0887. The molecule has 1 aromatic carbocycles. The van der Waals surface area contributed by atoms with E-state index in [1.54, 1.807) is 23.5 Å². The standard InChI is InChI=1S/C18H22ClN3OS/c1-21-7-9-22(10-8-21)17(14-6-11-24-13-14)12-20-18(23)15-4-2-3-5-16(15)19/h2-6,11,13,17H,7-10,12H2,1H3,(H,20,23)/t17-/m0/s1. The van der Waals surface area contributed by atoms with Crippen LogP contribution in [0, 0.1) is 0 Å². The molecule has 1 aliphatic heterocycles. The van der Waals surface area contributed by atoms with Gasteiger partial charge in [-0.3, -0.25) is 9.69 Å². The Morgan fingerprint density at radius 1 is 1.25 bits per heavy atom. The molecule has 1 amide bonds. The maximum absolute atomic E-state index is 12.5. The minimum Gasteiger partial charge on any atom is -0.350 e. The Kier molecular flexibility index (Phi) is 5.89. The first kappa shape index (κ1) is 17.4. The molecular weight excluding hydrogens is 342 g/mol. The summed E-state index contributed by atoms with van der Waals surface area (Å²) >= 11 is 7.82. The molecule has 1 aliphatic rings. The first-order valence-corrected chi connectivity index (χ1v) is 9.44. The largest absolute Gasteiger partial charge is 0.350 e. The van der Waals surface area contributed by atoms with Gasteiger partial charge in [-0.2, -0.15) is 11.3 Å². The van der Waals surface area contributed by atoms with Crippen LogP contribution in [0.3, 0.4) is 0 Å². The van der Waals surface area contributed by atoms with Crippen molar-refractivity contribution in [1.82, 2.24) is 15.1 Å². The van der Waals surface area contributed by atoms with E-state index in [1.165, 1.54) is 5.56 Å². The molecule has 1 atom stereocenters. The molecule has 2 aromatic rings. The number of rotatable bonds is 5. The summed E-state index contributed by atoms with van der Waals surface area (Å²) in [5, 5.41) is 7.81. The normalized spacial score (nSPS) is 17.6. The molecule has 2 heterocycles. The molecule has 1 aromatic heterocycles. The van der Waals surface area contributed by atoms with E-state index in [4.69, 9.17) is 11.6 Å². The van der Waals surface area contributed by atoms with Crippen LogP contribution in [-0.2, 0) is 0 Å². The van der Waals surface area contributed by atoms with Gasteiger partial charge in [-0.05, 0) is 41.6 Å². The molecule has 4 nitrogen and oxygen atoms in total. The minimum atomic E-state index is -0.116. The van der Waals surface area contributed by atoms with Crippen molar-refractivity contribution in [2.75, 3.05) is 39.8 Å². The van der Waals surface area contributed by atoms with Gasteiger partial charge in [0, 0.05) is 32.7 Å². The maximum Gasteiger partial charge on any atom is 0.252 e. The molecule has 0 unspecified atom stereocenters. The summed E-state index contributed by atoms with van der Waals surface area (Å²) in [5.74, 6) is -0.116. The number of thiophene rings is 1. The van der Waals surface area contributed by atoms with Gasteiger partial charge in [0.2, 0.25) is 0 Å². The zero-order valence-corrected chi connectivity index (χ0v) is 15.3. The highest BCUT2D eigenvalue weighted by atomic mass is 35.5. The summed E-state index contributed by atoms with van der Waals surface area (Å²) in [5.41, 5.74) is 1.80. The number of nitrogens with zero attached hydrogens (tertiary/aromatic N) is 2. The third kappa shape index (κ3) is 4.16. The zero-order chi connectivity index (χ0) is 16.9. The number of nitrogens with one attached hydrogen (secondary N) is 1. The second-order valence-corrected chi connectivity index (χ2v) is 7.29. The van der Waals surface area contributed by atoms with E-state index in [2.05, 4.69) is 39.0 Å². The Bertz CT molecular complexity index is 669. The lowest BCUT2D eigenvalue weighted by atomic mass is 10.1. The van der Waals surface area contributed by atoms with Gasteiger partial charge in [0.1, 0.15) is 0 Å². The number of likely N-dealkylation sites (N-methyl/N-ethyl adjacent to an activating group) is 1. The highest BCUT2D eigenvalue weighted by Crippen LogP contribution is 2.24. The Balaban J connectivity index is 1.68. The fourth-order valence-corrected chi connectivity index (χ4v) is 3.91. The van der Waals surface area contributed by atoms with Crippen LogP contribution >= 0.6 is 22.9 Å². The lowest BCUT2D eigenvalue weighted by Gasteiger charge is -2.38. The Morgan fingerprint density at radius 2 is 2.00 bits per heavy atom. The number of benzene rings is 1. The molecule has 0 bridgehead atoms. The SMILES string of the molecule is CN1CCN([C@@H](CNC(=O)c2ccccc2Cl)c2ccsc2)CC1. The molecule has 0 aliphatic carbocycles. The number of hydrogen-bond donors (Lipinski definition) is 1. The molecule has 6 heteroatoms. The molecule has 1 saturated heterocycles. The van der Waals surface area contributed by atoms with Crippen LogP contribution in [0.25, 0.3) is 0 Å². The van der Waals surface area contributed by atoms with Crippen molar-refractivity contribution < 1.29 is 4.79 Å². The van der Waals surface area contributed by atoms with Gasteiger partial charge in [-0.1, -0.05) is 23.7 Å². The summed E-state index contributed by atoms with van der Waals surface area (Å²) in [6, 6.07) is 9.52. The highest BCUT2D eigenvalue weighted by molar-refractivity contribution is 7.07. The van der Waals surface area contributed by atoms with Gasteiger partial charge in [-0.15, -0.1) is 0 Å². The zero-order valence-electron chi connectivity index (χ0n) is 13.7. The quantitative estimate of drug-likeness (QED) is 0.886. The average molecular weight is 364 g/mol. The summed E-state index contributed by atoms with van der Waals surface area (Å²) in [4.78, 5) is 17.2. The van der Waals surface area contributed by atoms with Gasteiger partial charge in [-0.25, -0.2) is 0 Å². The Hall–Kier alpha value is -1.40. The van der Waals surface area contributed by atoms with E-state index in [9.17, 15) is 4.79 Å². The summed E-state index contributed by atoms with van der Waals surface area (Å²) in [7, 11) is 2.15. The minimum absolute atomic E-state index is 0.116. The Morgan fingerprint density at radius 3 is 2.67 bits per heavy atom. The highest BCUT2D eigenvalue weighted by Gasteiger charge is 2.25. The molecule has 128 valence electrons. The Labute approximate surface area is 152 Å². The number of amides is 1. The molecule has 0 spiro atoms. The van der Waals surface area contributed by atoms with Crippen LogP contribution in [-0.4, -0.2) is 55.5 Å². The second kappa shape index (κ2) is 8.12. The van der Waals surface area contributed by atoms with Crippen molar-refractivity contribution in [1.29, 1.82) is 0 Å². The smallest absolute Gasteiger partial charge is 0.252 e. The third-order valence-electron chi connectivity index (χ3n) is 4.48. The van der Waals surface area contributed by atoms with E-state index in [0.29, 0.717) is 17.1 Å². The predicted octanol–water partition coefficient (Wildman–Crippen LogP) is 3.12. The molecule has 0 saturated carbocycles. The van der Waals surface area contributed by atoms with Gasteiger partial charge in [0.15, 0.2) is 0 Å². The van der Waals surface area contributed by atoms with Crippen molar-refractivity contribution >= 4 is 28.8 Å². The van der Waals surface area contributed by atoms with Crippen molar-refractivity contribution in [3.05, 3.63) is 57.2 Å². The van der Waals surface area contributed by atoms with Crippen molar-refractivity contribution in [3.8, 4) is 0 Å².